The van der Waals surface area contributed by atoms with Crippen LogP contribution in [0.15, 0.2) is 48.5 Å². The van der Waals surface area contributed by atoms with Crippen molar-refractivity contribution in [3.8, 4) is 5.75 Å². The third-order valence-electron chi connectivity index (χ3n) is 12.0. The molecular formula is C40H62N4O5. The van der Waals surface area contributed by atoms with E-state index in [2.05, 4.69) is 76.0 Å². The number of amides is 1. The monoisotopic (exact) mass is 678 g/mol. The zero-order chi connectivity index (χ0) is 35.6. The number of hydrogen-bond acceptors (Lipinski definition) is 8. The molecule has 9 heteroatoms. The van der Waals surface area contributed by atoms with E-state index in [1.165, 1.54) is 6.42 Å². The van der Waals surface area contributed by atoms with Crippen LogP contribution in [0.3, 0.4) is 0 Å². The molecule has 2 aromatic rings. The van der Waals surface area contributed by atoms with Crippen LogP contribution in [-0.4, -0.2) is 93.7 Å². The number of nitrogens with zero attached hydrogens (tertiary/aromatic N) is 3. The van der Waals surface area contributed by atoms with Crippen molar-refractivity contribution in [1.29, 1.82) is 0 Å². The first-order chi connectivity index (χ1) is 23.2. The predicted octanol–water partition coefficient (Wildman–Crippen LogP) is 5.03. The van der Waals surface area contributed by atoms with Crippen molar-refractivity contribution in [1.82, 2.24) is 20.2 Å². The molecule has 0 radical (unpaired) electrons. The zero-order valence-electron chi connectivity index (χ0n) is 31.0. The Bertz CT molecular complexity index is 1390. The van der Waals surface area contributed by atoms with Gasteiger partial charge in [-0.1, -0.05) is 77.1 Å². The maximum absolute atomic E-state index is 14.1. The van der Waals surface area contributed by atoms with Crippen LogP contribution in [0, 0.1) is 35.0 Å². The highest BCUT2D eigenvalue weighted by Gasteiger charge is 2.57. The summed E-state index contributed by atoms with van der Waals surface area (Å²) >= 11 is 0. The normalized spacial score (nSPS) is 29.3. The largest absolute Gasteiger partial charge is 0.508 e. The van der Waals surface area contributed by atoms with Crippen LogP contribution in [0.1, 0.15) is 77.5 Å². The predicted molar refractivity (Wildman–Crippen MR) is 193 cm³/mol. The van der Waals surface area contributed by atoms with E-state index in [1.54, 1.807) is 18.1 Å². The minimum Gasteiger partial charge on any atom is -0.508 e. The number of aliphatic hydroxyl groups excluding tert-OH is 2. The molecule has 2 aromatic carbocycles. The molecule has 9 atom stereocenters. The fraction of sp³-hybridized carbons (Fsp3) is 0.675. The number of rotatable bonds is 15. The molecule has 272 valence electrons. The van der Waals surface area contributed by atoms with Gasteiger partial charge in [-0.2, -0.15) is 5.06 Å². The van der Waals surface area contributed by atoms with Crippen LogP contribution >= 0.6 is 0 Å². The summed E-state index contributed by atoms with van der Waals surface area (Å²) < 4.78 is 0. The third kappa shape index (κ3) is 8.51. The van der Waals surface area contributed by atoms with Crippen LogP contribution in [0.4, 0.5) is 0 Å². The van der Waals surface area contributed by atoms with E-state index in [0.29, 0.717) is 54.5 Å². The number of fused-ring (bicyclic) bond motifs is 2. The van der Waals surface area contributed by atoms with Crippen molar-refractivity contribution in [2.45, 2.75) is 111 Å². The Balaban J connectivity index is 1.36. The highest BCUT2D eigenvalue weighted by molar-refractivity contribution is 5.82. The molecule has 2 bridgehead atoms. The van der Waals surface area contributed by atoms with Crippen molar-refractivity contribution in [2.75, 3.05) is 27.2 Å². The molecule has 1 aliphatic heterocycles. The van der Waals surface area contributed by atoms with Gasteiger partial charge in [0.15, 0.2) is 0 Å². The second-order valence-electron chi connectivity index (χ2n) is 16.6. The number of aromatic hydroxyl groups is 1. The standard InChI is InChI=1S/C40H62N4O5/c1-25(2)16-32(23-42(7)8)43(22-30-14-9-10-15-35(30)47)20-28-12-11-13-29(17-28)21-44-38(37(27(4)46)36(24-45)49-44)39(48)41-34-19-31-18-33(26(34)3)40(31,5)6/h9-15,17,25-27,31-34,36-38,45-47H,16,18-24H2,1-8H3,(H,41,48)/t26-,27+,31-,32+,33-,34+,36+,37-,38+/m1/s1. The van der Waals surface area contributed by atoms with Crippen molar-refractivity contribution < 1.29 is 25.0 Å². The SMILES string of the molecule is CC(C)C[C@@H](CN(C)C)N(Cc1cccc(CN2O[C@@H](CO)[C@@H]([C@H](C)O)[C@H]2C(=O)N[C@H]2C[C@H]3C[C@H]([C@H]2C)C3(C)C)c1)Cc1ccccc1O. The average molecular weight is 679 g/mol. The molecule has 49 heavy (non-hydrogen) atoms. The van der Waals surface area contributed by atoms with E-state index in [1.807, 2.05) is 30.3 Å². The van der Waals surface area contributed by atoms with E-state index in [-0.39, 0.29) is 24.6 Å². The van der Waals surface area contributed by atoms with Gasteiger partial charge in [-0.25, -0.2) is 0 Å². The Kier molecular flexibility index (Phi) is 12.2. The summed E-state index contributed by atoms with van der Waals surface area (Å²) in [4.78, 5) is 25.1. The second kappa shape index (κ2) is 15.8. The van der Waals surface area contributed by atoms with Gasteiger partial charge < -0.3 is 25.5 Å². The molecule has 4 aliphatic rings. The number of nitrogens with one attached hydrogen (secondary N) is 1. The molecule has 0 spiro atoms. The Morgan fingerprint density at radius 3 is 2.39 bits per heavy atom. The van der Waals surface area contributed by atoms with E-state index in [4.69, 9.17) is 4.84 Å². The summed E-state index contributed by atoms with van der Waals surface area (Å²) in [5.74, 6) is 1.70. The number of carbonyl (C=O) groups is 1. The van der Waals surface area contributed by atoms with Gasteiger partial charge in [0, 0.05) is 43.2 Å². The van der Waals surface area contributed by atoms with Crippen LogP contribution in [0.2, 0.25) is 0 Å². The maximum Gasteiger partial charge on any atom is 0.240 e. The lowest BCUT2D eigenvalue weighted by Crippen LogP contribution is -2.62. The molecule has 1 heterocycles. The summed E-state index contributed by atoms with van der Waals surface area (Å²) in [6.07, 6.45) is 1.71. The molecule has 3 saturated carbocycles. The van der Waals surface area contributed by atoms with Gasteiger partial charge in [0.25, 0.3) is 0 Å². The Hall–Kier alpha value is -2.53. The molecule has 6 rings (SSSR count). The lowest BCUT2D eigenvalue weighted by Gasteiger charge is -2.62. The fourth-order valence-corrected chi connectivity index (χ4v) is 9.21. The van der Waals surface area contributed by atoms with E-state index in [9.17, 15) is 20.1 Å². The summed E-state index contributed by atoms with van der Waals surface area (Å²) in [7, 11) is 4.21. The molecule has 1 saturated heterocycles. The van der Waals surface area contributed by atoms with Gasteiger partial charge in [-0.3, -0.25) is 14.5 Å². The van der Waals surface area contributed by atoms with Crippen LogP contribution in [-0.2, 0) is 29.3 Å². The molecule has 3 aliphatic carbocycles. The molecule has 0 aromatic heterocycles. The summed E-state index contributed by atoms with van der Waals surface area (Å²) in [5.41, 5.74) is 3.33. The third-order valence-corrected chi connectivity index (χ3v) is 12.0. The Labute approximate surface area is 294 Å². The topological polar surface area (TPSA) is 109 Å². The molecule has 4 N–H and O–H groups in total. The number of benzene rings is 2. The number of hydrogen-bond donors (Lipinski definition) is 4. The van der Waals surface area contributed by atoms with Gasteiger partial charge in [-0.05, 0) is 86.6 Å². The maximum atomic E-state index is 14.1. The van der Waals surface area contributed by atoms with Gasteiger partial charge in [0.2, 0.25) is 5.91 Å². The number of phenolic OH excluding ortho intramolecular Hbond substituents is 1. The molecule has 0 unspecified atom stereocenters. The summed E-state index contributed by atoms with van der Waals surface area (Å²) in [6.45, 7) is 15.4. The average Bonchev–Trinajstić information content (AvgIpc) is 3.40. The van der Waals surface area contributed by atoms with Crippen molar-refractivity contribution in [3.63, 3.8) is 0 Å². The highest BCUT2D eigenvalue weighted by Crippen LogP contribution is 2.61. The Morgan fingerprint density at radius 1 is 1.06 bits per heavy atom. The number of carbonyl (C=O) groups excluding carboxylic acids is 1. The minimum atomic E-state index is -0.835. The van der Waals surface area contributed by atoms with E-state index < -0.39 is 24.2 Å². The van der Waals surface area contributed by atoms with Crippen LogP contribution < -0.4 is 5.32 Å². The zero-order valence-corrected chi connectivity index (χ0v) is 31.0. The van der Waals surface area contributed by atoms with E-state index >= 15 is 0 Å². The van der Waals surface area contributed by atoms with Gasteiger partial charge >= 0.3 is 0 Å². The van der Waals surface area contributed by atoms with E-state index in [0.717, 1.165) is 36.1 Å². The second-order valence-corrected chi connectivity index (χ2v) is 16.6. The Morgan fingerprint density at radius 2 is 1.78 bits per heavy atom. The van der Waals surface area contributed by atoms with Gasteiger partial charge in [-0.15, -0.1) is 0 Å². The number of hydroxylamine groups is 2. The molecule has 1 amide bonds. The van der Waals surface area contributed by atoms with Crippen molar-refractivity contribution in [2.24, 2.45) is 35.0 Å². The van der Waals surface area contributed by atoms with Crippen molar-refractivity contribution >= 4 is 5.91 Å². The first kappa shape index (κ1) is 37.7. The smallest absolute Gasteiger partial charge is 0.240 e. The number of aliphatic hydroxyl groups is 2. The first-order valence-corrected chi connectivity index (χ1v) is 18.5. The molecule has 9 nitrogen and oxygen atoms in total. The summed E-state index contributed by atoms with van der Waals surface area (Å²) in [6, 6.07) is 15.6. The molecule has 4 fully saturated rings. The van der Waals surface area contributed by atoms with Crippen LogP contribution in [0.25, 0.3) is 0 Å². The fourth-order valence-electron chi connectivity index (χ4n) is 9.21. The lowest BCUT2D eigenvalue weighted by molar-refractivity contribution is -0.183. The van der Waals surface area contributed by atoms with Gasteiger partial charge in [0.1, 0.15) is 17.9 Å². The first-order valence-electron chi connectivity index (χ1n) is 18.5. The highest BCUT2D eigenvalue weighted by atomic mass is 16.7. The summed E-state index contributed by atoms with van der Waals surface area (Å²) in [5, 5.41) is 36.9. The number of phenols is 1. The number of para-hydroxylation sites is 1. The molecular weight excluding hydrogens is 616 g/mol. The quantitative estimate of drug-likeness (QED) is 0.208. The number of likely N-dealkylation sites (N-methyl/N-ethyl adjacent to an activating group) is 1. The minimum absolute atomic E-state index is 0.0910. The lowest BCUT2D eigenvalue weighted by atomic mass is 9.45. The van der Waals surface area contributed by atoms with Crippen molar-refractivity contribution in [3.05, 3.63) is 65.2 Å². The van der Waals surface area contributed by atoms with Crippen LogP contribution in [0.5, 0.6) is 5.75 Å². The van der Waals surface area contributed by atoms with Gasteiger partial charge in [0.05, 0.1) is 19.3 Å².